The van der Waals surface area contributed by atoms with Crippen LogP contribution in [0.3, 0.4) is 0 Å². The second kappa shape index (κ2) is 4.87. The van der Waals surface area contributed by atoms with Gasteiger partial charge in [0.05, 0.1) is 18.1 Å². The van der Waals surface area contributed by atoms with E-state index in [-0.39, 0.29) is 0 Å². The highest BCUT2D eigenvalue weighted by atomic mass is 79.9. The molecule has 2 aromatic rings. The second-order valence-electron chi connectivity index (χ2n) is 6.00. The first-order valence-electron chi connectivity index (χ1n) is 6.77. The number of fused-ring (bicyclic) bond motifs is 1. The lowest BCUT2D eigenvalue weighted by Crippen LogP contribution is -2.37. The number of aromatic nitrogens is 3. The van der Waals surface area contributed by atoms with Crippen molar-refractivity contribution >= 4 is 21.6 Å². The zero-order valence-electron chi connectivity index (χ0n) is 11.4. The molecule has 102 valence electrons. The third-order valence-corrected chi connectivity index (χ3v) is 4.64. The average Bonchev–Trinajstić information content (AvgIpc) is 2.90. The van der Waals surface area contributed by atoms with Crippen molar-refractivity contribution in [2.45, 2.75) is 45.7 Å². The first kappa shape index (κ1) is 13.1. The van der Waals surface area contributed by atoms with Gasteiger partial charge in [-0.05, 0) is 34.2 Å². The van der Waals surface area contributed by atoms with Gasteiger partial charge >= 0.3 is 0 Å². The molecule has 2 aromatic heterocycles. The van der Waals surface area contributed by atoms with Crippen molar-refractivity contribution in [3.05, 3.63) is 28.9 Å². The van der Waals surface area contributed by atoms with E-state index in [2.05, 4.69) is 49.5 Å². The van der Waals surface area contributed by atoms with Crippen molar-refractivity contribution in [3.8, 4) is 0 Å². The summed E-state index contributed by atoms with van der Waals surface area (Å²) >= 11 is 3.41. The van der Waals surface area contributed by atoms with Crippen LogP contribution < -0.4 is 5.32 Å². The van der Waals surface area contributed by atoms with Crippen LogP contribution in [0.25, 0.3) is 5.65 Å². The molecule has 0 radical (unpaired) electrons. The molecule has 0 aliphatic heterocycles. The van der Waals surface area contributed by atoms with Gasteiger partial charge in [-0.3, -0.25) is 4.40 Å². The second-order valence-corrected chi connectivity index (χ2v) is 6.81. The number of nitrogens with one attached hydrogen (secondary N) is 1. The van der Waals surface area contributed by atoms with E-state index in [1.807, 2.05) is 12.4 Å². The standard InChI is InChI=1S/C14H19BrN4/c1-14(2)5-3-4-11(14)16-6-10-7-18-13-8-17-12(15)9-19(10)13/h7-9,11,16H,3-6H2,1-2H3. The van der Waals surface area contributed by atoms with Crippen molar-refractivity contribution in [1.29, 1.82) is 0 Å². The summed E-state index contributed by atoms with van der Waals surface area (Å²) in [6.07, 6.45) is 9.60. The third kappa shape index (κ3) is 2.54. The molecule has 1 atom stereocenters. The van der Waals surface area contributed by atoms with Crippen molar-refractivity contribution < 1.29 is 0 Å². The zero-order chi connectivity index (χ0) is 13.5. The highest BCUT2D eigenvalue weighted by Crippen LogP contribution is 2.37. The SMILES string of the molecule is CC1(C)CCCC1NCc1cnc2cnc(Br)cn12. The summed E-state index contributed by atoms with van der Waals surface area (Å²) in [4.78, 5) is 8.58. The number of imidazole rings is 1. The number of hydrogen-bond donors (Lipinski definition) is 1. The molecule has 5 heteroatoms. The van der Waals surface area contributed by atoms with Gasteiger partial charge in [-0.1, -0.05) is 20.3 Å². The van der Waals surface area contributed by atoms with Gasteiger partial charge in [0.25, 0.3) is 0 Å². The van der Waals surface area contributed by atoms with Gasteiger partial charge in [0.15, 0.2) is 5.65 Å². The van der Waals surface area contributed by atoms with Crippen LogP contribution >= 0.6 is 15.9 Å². The van der Waals surface area contributed by atoms with Crippen molar-refractivity contribution in [3.63, 3.8) is 0 Å². The fourth-order valence-electron chi connectivity index (χ4n) is 2.98. The lowest BCUT2D eigenvalue weighted by Gasteiger charge is -2.27. The number of rotatable bonds is 3. The Morgan fingerprint density at radius 3 is 3.00 bits per heavy atom. The van der Waals surface area contributed by atoms with Gasteiger partial charge in [-0.25, -0.2) is 9.97 Å². The molecular weight excluding hydrogens is 304 g/mol. The summed E-state index contributed by atoms with van der Waals surface area (Å²) in [5, 5.41) is 3.69. The van der Waals surface area contributed by atoms with E-state index >= 15 is 0 Å². The summed E-state index contributed by atoms with van der Waals surface area (Å²) < 4.78 is 2.92. The minimum Gasteiger partial charge on any atom is -0.308 e. The van der Waals surface area contributed by atoms with Crippen molar-refractivity contribution in [2.24, 2.45) is 5.41 Å². The van der Waals surface area contributed by atoms with E-state index in [4.69, 9.17) is 0 Å². The summed E-state index contributed by atoms with van der Waals surface area (Å²) in [5.74, 6) is 0. The Morgan fingerprint density at radius 2 is 2.26 bits per heavy atom. The molecule has 1 unspecified atom stereocenters. The molecule has 0 amide bonds. The van der Waals surface area contributed by atoms with Crippen molar-refractivity contribution in [1.82, 2.24) is 19.7 Å². The first-order chi connectivity index (χ1) is 9.06. The Labute approximate surface area is 121 Å². The Bertz CT molecular complexity index is 590. The van der Waals surface area contributed by atoms with Gasteiger partial charge in [-0.15, -0.1) is 0 Å². The van der Waals surface area contributed by atoms with Crippen molar-refractivity contribution in [2.75, 3.05) is 0 Å². The highest BCUT2D eigenvalue weighted by Gasteiger charge is 2.33. The molecule has 1 saturated carbocycles. The summed E-state index contributed by atoms with van der Waals surface area (Å²) in [6, 6.07) is 0.600. The fraction of sp³-hybridized carbons (Fsp3) is 0.571. The first-order valence-corrected chi connectivity index (χ1v) is 7.56. The van der Waals surface area contributed by atoms with E-state index < -0.39 is 0 Å². The van der Waals surface area contributed by atoms with E-state index in [1.54, 1.807) is 6.20 Å². The normalized spacial score (nSPS) is 22.2. The maximum atomic E-state index is 4.38. The average molecular weight is 323 g/mol. The third-order valence-electron chi connectivity index (χ3n) is 4.23. The number of nitrogens with zero attached hydrogens (tertiary/aromatic N) is 3. The minimum atomic E-state index is 0.405. The summed E-state index contributed by atoms with van der Waals surface area (Å²) in [6.45, 7) is 5.56. The van der Waals surface area contributed by atoms with Crippen LogP contribution in [0.15, 0.2) is 23.2 Å². The molecule has 1 aliphatic rings. The smallest absolute Gasteiger partial charge is 0.155 e. The lowest BCUT2D eigenvalue weighted by molar-refractivity contribution is 0.281. The predicted octanol–water partition coefficient (Wildman–Crippen LogP) is 3.16. The maximum Gasteiger partial charge on any atom is 0.155 e. The summed E-state index contributed by atoms with van der Waals surface area (Å²) in [5.41, 5.74) is 2.48. The van der Waals surface area contributed by atoms with Gasteiger partial charge in [0, 0.05) is 18.8 Å². The topological polar surface area (TPSA) is 42.2 Å². The van der Waals surface area contributed by atoms with E-state index in [0.717, 1.165) is 16.8 Å². The Kier molecular flexibility index (Phi) is 3.35. The maximum absolute atomic E-state index is 4.38. The number of halogens is 1. The van der Waals surface area contributed by atoms with Gasteiger partial charge in [0.1, 0.15) is 4.60 Å². The van der Waals surface area contributed by atoms with Crippen LogP contribution in [-0.4, -0.2) is 20.4 Å². The van der Waals surface area contributed by atoms with Gasteiger partial charge < -0.3 is 5.32 Å². The number of hydrogen-bond acceptors (Lipinski definition) is 3. The quantitative estimate of drug-likeness (QED) is 0.943. The molecule has 0 aromatic carbocycles. The van der Waals surface area contributed by atoms with E-state index in [0.29, 0.717) is 11.5 Å². The monoisotopic (exact) mass is 322 g/mol. The molecule has 1 fully saturated rings. The fourth-order valence-corrected chi connectivity index (χ4v) is 3.29. The van der Waals surface area contributed by atoms with Crippen LogP contribution in [0, 0.1) is 5.41 Å². The Morgan fingerprint density at radius 1 is 1.42 bits per heavy atom. The van der Waals surface area contributed by atoms with Crippen LogP contribution in [0.1, 0.15) is 38.8 Å². The molecule has 2 heterocycles. The molecule has 0 saturated heterocycles. The molecule has 3 rings (SSSR count). The van der Waals surface area contributed by atoms with Gasteiger partial charge in [0.2, 0.25) is 0 Å². The molecule has 0 bridgehead atoms. The summed E-state index contributed by atoms with van der Waals surface area (Å²) in [7, 11) is 0. The highest BCUT2D eigenvalue weighted by molar-refractivity contribution is 9.10. The van der Waals surface area contributed by atoms with Crippen LogP contribution in [0.4, 0.5) is 0 Å². The molecule has 1 N–H and O–H groups in total. The van der Waals surface area contributed by atoms with Crippen LogP contribution in [0.5, 0.6) is 0 Å². The van der Waals surface area contributed by atoms with Crippen LogP contribution in [0.2, 0.25) is 0 Å². The predicted molar refractivity (Wildman–Crippen MR) is 78.9 cm³/mol. The largest absolute Gasteiger partial charge is 0.308 e. The molecule has 4 nitrogen and oxygen atoms in total. The van der Waals surface area contributed by atoms with E-state index in [9.17, 15) is 0 Å². The molecule has 19 heavy (non-hydrogen) atoms. The van der Waals surface area contributed by atoms with E-state index in [1.165, 1.54) is 25.0 Å². The Balaban J connectivity index is 1.77. The molecule has 1 aliphatic carbocycles. The minimum absolute atomic E-state index is 0.405. The van der Waals surface area contributed by atoms with Crippen LogP contribution in [-0.2, 0) is 6.54 Å². The van der Waals surface area contributed by atoms with Gasteiger partial charge in [-0.2, -0.15) is 0 Å². The zero-order valence-corrected chi connectivity index (χ0v) is 12.9. The Hall–Kier alpha value is -0.940. The molecular formula is C14H19BrN4. The molecule has 0 spiro atoms. The lowest BCUT2D eigenvalue weighted by atomic mass is 9.87.